The van der Waals surface area contributed by atoms with Crippen LogP contribution in [0.3, 0.4) is 0 Å². The third-order valence-corrected chi connectivity index (χ3v) is 8.16. The molecule has 3 saturated heterocycles. The SMILES string of the molecule is C1CCOC1.C1CCOC1.C1CCOC1.C[C]1[C](C)[C](C)[C](C)[C]1C.Cc1cc(C(C)(C)C)c(O)c(C(C)(C)C)c1.[Sm]. The van der Waals surface area contributed by atoms with E-state index in [1.165, 1.54) is 73.7 Å². The standard InChI is InChI=1S/C15H24O.C10H15.3C4H8O.Sm/c1-10-8-11(14(2,3)4)13(16)12(9-10)15(5,6)7;1-6-7(2)9(4)10(5)8(6)3;3*1-2-4-5-3-1;/h8-9,16H,1-7H3;1-5H3;3*1-4H2;. The zero-order valence-corrected chi connectivity index (χ0v) is 31.8. The van der Waals surface area contributed by atoms with E-state index in [0.29, 0.717) is 5.75 Å². The van der Waals surface area contributed by atoms with Gasteiger partial charge in [0, 0.05) is 80.0 Å². The first-order valence-electron chi connectivity index (χ1n) is 15.9. The summed E-state index contributed by atoms with van der Waals surface area (Å²) in [5, 5.41) is 10.4. The molecule has 1 N–H and O–H groups in total. The number of phenolic OH excluding ortho intramolecular Hbond substituents is 1. The number of aryl methyl sites for hydroxylation is 1. The first-order valence-corrected chi connectivity index (χ1v) is 15.9. The predicted octanol–water partition coefficient (Wildman–Crippen LogP) is 9.66. The first-order chi connectivity index (χ1) is 19.1. The molecule has 5 rings (SSSR count). The molecule has 42 heavy (non-hydrogen) atoms. The van der Waals surface area contributed by atoms with Gasteiger partial charge in [-0.3, -0.25) is 0 Å². The Morgan fingerprint density at radius 3 is 0.833 bits per heavy atom. The van der Waals surface area contributed by atoms with E-state index in [0.717, 1.165) is 50.8 Å². The monoisotopic (exact) mass is 723 g/mol. The van der Waals surface area contributed by atoms with E-state index in [2.05, 4.69) is 95.2 Å². The summed E-state index contributed by atoms with van der Waals surface area (Å²) in [4.78, 5) is 0. The average molecular weight is 722 g/mol. The molecular weight excluding hydrogens is 659 g/mol. The van der Waals surface area contributed by atoms with Gasteiger partial charge < -0.3 is 19.3 Å². The Balaban J connectivity index is 0.000000547. The van der Waals surface area contributed by atoms with Gasteiger partial charge in [-0.25, -0.2) is 0 Å². The van der Waals surface area contributed by atoms with Crippen molar-refractivity contribution in [3.8, 4) is 5.75 Å². The number of benzene rings is 1. The zero-order chi connectivity index (χ0) is 31.2. The van der Waals surface area contributed by atoms with Gasteiger partial charge in [-0.05, 0) is 97.0 Å². The van der Waals surface area contributed by atoms with Crippen LogP contribution in [-0.2, 0) is 25.0 Å². The summed E-state index contributed by atoms with van der Waals surface area (Å²) in [6.45, 7) is 31.9. The molecule has 1 saturated carbocycles. The maximum Gasteiger partial charge on any atom is 0.123 e. The smallest absolute Gasteiger partial charge is 0.123 e. The fourth-order valence-electron chi connectivity index (χ4n) is 4.86. The van der Waals surface area contributed by atoms with Crippen molar-refractivity contribution in [2.45, 2.75) is 132 Å². The van der Waals surface area contributed by atoms with Crippen molar-refractivity contribution in [1.29, 1.82) is 0 Å². The van der Waals surface area contributed by atoms with Gasteiger partial charge in [0.1, 0.15) is 5.75 Å². The van der Waals surface area contributed by atoms with E-state index in [1.54, 1.807) is 0 Å². The Bertz CT molecular complexity index is 703. The molecule has 4 nitrogen and oxygen atoms in total. The molecule has 1 aliphatic carbocycles. The molecule has 0 atom stereocenters. The Hall–Kier alpha value is 0.238. The fourth-order valence-corrected chi connectivity index (χ4v) is 4.86. The van der Waals surface area contributed by atoms with E-state index in [-0.39, 0.29) is 51.2 Å². The molecule has 0 amide bonds. The minimum Gasteiger partial charge on any atom is -0.507 e. The van der Waals surface area contributed by atoms with Gasteiger partial charge in [0.15, 0.2) is 0 Å². The Labute approximate surface area is 293 Å². The van der Waals surface area contributed by atoms with Crippen molar-refractivity contribution in [1.82, 2.24) is 0 Å². The van der Waals surface area contributed by atoms with Gasteiger partial charge in [0.25, 0.3) is 0 Å². The van der Waals surface area contributed by atoms with E-state index in [4.69, 9.17) is 14.2 Å². The molecule has 0 unspecified atom stereocenters. The third kappa shape index (κ3) is 15.5. The number of phenols is 1. The summed E-state index contributed by atoms with van der Waals surface area (Å²) < 4.78 is 14.8. The normalized spacial score (nSPS) is 20.3. The van der Waals surface area contributed by atoms with Gasteiger partial charge >= 0.3 is 0 Å². The summed E-state index contributed by atoms with van der Waals surface area (Å²) in [5.74, 6) is 7.80. The molecule has 241 valence electrons. The van der Waals surface area contributed by atoms with Gasteiger partial charge in [0.2, 0.25) is 0 Å². The van der Waals surface area contributed by atoms with Crippen molar-refractivity contribution in [3.63, 3.8) is 0 Å². The molecule has 5 radical (unpaired) electrons. The number of aromatic hydroxyl groups is 1. The number of rotatable bonds is 0. The van der Waals surface area contributed by atoms with E-state index >= 15 is 0 Å². The van der Waals surface area contributed by atoms with Crippen LogP contribution in [0.2, 0.25) is 0 Å². The van der Waals surface area contributed by atoms with Crippen molar-refractivity contribution in [2.75, 3.05) is 39.6 Å². The van der Waals surface area contributed by atoms with Crippen molar-refractivity contribution >= 4 is 0 Å². The minimum atomic E-state index is -0.0178. The molecule has 0 spiro atoms. The summed E-state index contributed by atoms with van der Waals surface area (Å²) in [6, 6.07) is 4.18. The second-order valence-electron chi connectivity index (χ2n) is 13.8. The predicted molar refractivity (Wildman–Crippen MR) is 175 cm³/mol. The molecule has 1 aromatic carbocycles. The second kappa shape index (κ2) is 21.1. The summed E-state index contributed by atoms with van der Waals surface area (Å²) >= 11 is 0. The van der Waals surface area contributed by atoms with Crippen LogP contribution in [-0.4, -0.2) is 44.7 Å². The van der Waals surface area contributed by atoms with Crippen LogP contribution in [0.4, 0.5) is 0 Å². The molecule has 4 fully saturated rings. The Morgan fingerprint density at radius 1 is 0.476 bits per heavy atom. The Morgan fingerprint density at radius 2 is 0.690 bits per heavy atom. The molecule has 0 bridgehead atoms. The Kier molecular flexibility index (Phi) is 21.2. The van der Waals surface area contributed by atoms with Crippen LogP contribution in [0.5, 0.6) is 5.75 Å². The molecule has 1 aromatic rings. The largest absolute Gasteiger partial charge is 0.507 e. The molecule has 0 aromatic heterocycles. The molecular formula is C37H63O4Sm. The molecule has 3 aliphatic heterocycles. The maximum absolute atomic E-state index is 10.4. The van der Waals surface area contributed by atoms with Gasteiger partial charge in [-0.1, -0.05) is 93.9 Å². The first kappa shape index (κ1) is 42.2. The van der Waals surface area contributed by atoms with E-state index in [9.17, 15) is 5.11 Å². The molecule has 5 heteroatoms. The van der Waals surface area contributed by atoms with Crippen LogP contribution in [0.1, 0.15) is 131 Å². The van der Waals surface area contributed by atoms with Crippen LogP contribution in [0, 0.1) is 76.9 Å². The van der Waals surface area contributed by atoms with Gasteiger partial charge in [-0.2, -0.15) is 0 Å². The fraction of sp³-hybridized carbons (Fsp3) is 0.703. The topological polar surface area (TPSA) is 47.9 Å². The number of hydrogen-bond acceptors (Lipinski definition) is 4. The third-order valence-electron chi connectivity index (χ3n) is 8.16. The van der Waals surface area contributed by atoms with Crippen LogP contribution in [0.15, 0.2) is 12.1 Å². The van der Waals surface area contributed by atoms with Gasteiger partial charge in [0.05, 0.1) is 0 Å². The van der Waals surface area contributed by atoms with E-state index in [1.807, 2.05) is 0 Å². The average Bonchev–Trinajstić information content (AvgIpc) is 3.74. The number of hydrogen-bond donors (Lipinski definition) is 1. The van der Waals surface area contributed by atoms with Crippen LogP contribution < -0.4 is 0 Å². The quantitative estimate of drug-likeness (QED) is 0.290. The summed E-state index contributed by atoms with van der Waals surface area (Å²) in [7, 11) is 0. The van der Waals surface area contributed by atoms with Crippen LogP contribution >= 0.6 is 0 Å². The van der Waals surface area contributed by atoms with Crippen LogP contribution in [0.25, 0.3) is 0 Å². The van der Waals surface area contributed by atoms with Gasteiger partial charge in [-0.15, -0.1) is 0 Å². The molecule has 3 heterocycles. The maximum atomic E-state index is 10.4. The minimum absolute atomic E-state index is 0. The number of ether oxygens (including phenoxy) is 3. The summed E-state index contributed by atoms with van der Waals surface area (Å²) in [5.41, 5.74) is 3.26. The van der Waals surface area contributed by atoms with Crippen molar-refractivity contribution in [2.24, 2.45) is 0 Å². The molecule has 4 aliphatic rings. The van der Waals surface area contributed by atoms with E-state index < -0.39 is 0 Å². The summed E-state index contributed by atoms with van der Waals surface area (Å²) in [6.07, 6.45) is 7.67. The second-order valence-corrected chi connectivity index (χ2v) is 13.8. The zero-order valence-electron chi connectivity index (χ0n) is 29.2. The van der Waals surface area contributed by atoms with Crippen molar-refractivity contribution < 1.29 is 59.7 Å². The van der Waals surface area contributed by atoms with Crippen molar-refractivity contribution in [3.05, 3.63) is 58.4 Å².